The van der Waals surface area contributed by atoms with Crippen molar-refractivity contribution in [3.8, 4) is 0 Å². The monoisotopic (exact) mass is 330 g/mol. The highest BCUT2D eigenvalue weighted by molar-refractivity contribution is 5.91. The van der Waals surface area contributed by atoms with Gasteiger partial charge in [0.2, 0.25) is 5.91 Å². The summed E-state index contributed by atoms with van der Waals surface area (Å²) in [6.45, 7) is 1.70. The van der Waals surface area contributed by atoms with Crippen molar-refractivity contribution >= 4 is 11.8 Å². The number of piperidine rings is 1. The highest BCUT2D eigenvalue weighted by Gasteiger charge is 2.32. The molecule has 6 heteroatoms. The van der Waals surface area contributed by atoms with Crippen LogP contribution in [0.5, 0.6) is 0 Å². The van der Waals surface area contributed by atoms with Crippen molar-refractivity contribution in [3.63, 3.8) is 0 Å². The zero-order valence-electron chi connectivity index (χ0n) is 14.6. The Morgan fingerprint density at radius 3 is 2.67 bits per heavy atom. The average molecular weight is 330 g/mol. The summed E-state index contributed by atoms with van der Waals surface area (Å²) in [5, 5.41) is 0. The molecule has 1 saturated heterocycles. The Morgan fingerprint density at radius 2 is 2.00 bits per heavy atom. The number of carbonyl (C=O) groups excluding carboxylic acids is 2. The van der Waals surface area contributed by atoms with Gasteiger partial charge in [-0.05, 0) is 44.1 Å². The molecule has 0 spiro atoms. The van der Waals surface area contributed by atoms with Gasteiger partial charge in [0.15, 0.2) is 0 Å². The summed E-state index contributed by atoms with van der Waals surface area (Å²) in [6, 6.07) is 1.79. The minimum absolute atomic E-state index is 0.107. The zero-order chi connectivity index (χ0) is 17.1. The summed E-state index contributed by atoms with van der Waals surface area (Å²) in [5.41, 5.74) is 1.32. The van der Waals surface area contributed by atoms with Crippen LogP contribution in [0, 0.1) is 11.8 Å². The highest BCUT2D eigenvalue weighted by Crippen LogP contribution is 2.30. The van der Waals surface area contributed by atoms with E-state index in [1.165, 1.54) is 17.6 Å². The average Bonchev–Trinajstić information content (AvgIpc) is 2.53. The Hall–Kier alpha value is -1.98. The van der Waals surface area contributed by atoms with Crippen LogP contribution in [0.1, 0.15) is 48.3 Å². The molecular formula is C18H26N4O2. The number of rotatable bonds is 4. The lowest BCUT2D eigenvalue weighted by Crippen LogP contribution is -2.45. The Morgan fingerprint density at radius 1 is 1.21 bits per heavy atom. The van der Waals surface area contributed by atoms with E-state index in [0.29, 0.717) is 17.5 Å². The lowest BCUT2D eigenvalue weighted by Gasteiger charge is -2.37. The van der Waals surface area contributed by atoms with Gasteiger partial charge in [0.05, 0.1) is 0 Å². The number of hydrogen-bond donors (Lipinski definition) is 0. The molecule has 6 nitrogen and oxygen atoms in total. The molecule has 2 amide bonds. The Kier molecular flexibility index (Phi) is 5.11. The van der Waals surface area contributed by atoms with Crippen LogP contribution in [-0.4, -0.2) is 58.8 Å². The number of likely N-dealkylation sites (tertiary alicyclic amines) is 1. The first-order chi connectivity index (χ1) is 11.5. The van der Waals surface area contributed by atoms with Crippen LogP contribution < -0.4 is 0 Å². The van der Waals surface area contributed by atoms with Crippen LogP contribution in [0.15, 0.2) is 12.4 Å². The van der Waals surface area contributed by atoms with E-state index < -0.39 is 0 Å². The molecule has 0 bridgehead atoms. The third-order valence-corrected chi connectivity index (χ3v) is 5.13. The largest absolute Gasteiger partial charge is 0.343 e. The number of aromatic nitrogens is 2. The summed E-state index contributed by atoms with van der Waals surface area (Å²) >= 11 is 0. The Bertz CT molecular complexity index is 613. The van der Waals surface area contributed by atoms with Crippen molar-refractivity contribution in [2.24, 2.45) is 11.8 Å². The van der Waals surface area contributed by atoms with Gasteiger partial charge in [-0.3, -0.25) is 9.59 Å². The van der Waals surface area contributed by atoms with Crippen LogP contribution in [0.3, 0.4) is 0 Å². The fourth-order valence-corrected chi connectivity index (χ4v) is 3.50. The molecule has 130 valence electrons. The first kappa shape index (κ1) is 16.9. The standard InChI is InChI=1S/C18H26N4O2/c1-21(2)18(24)16-10-15(19-12-20-16)9-13-5-4-8-22(11-13)17(23)14-6-3-7-14/h10,12-14H,3-9,11H2,1-2H3. The first-order valence-electron chi connectivity index (χ1n) is 8.86. The van der Waals surface area contributed by atoms with Crippen LogP contribution >= 0.6 is 0 Å². The fourth-order valence-electron chi connectivity index (χ4n) is 3.50. The van der Waals surface area contributed by atoms with Gasteiger partial charge in [-0.15, -0.1) is 0 Å². The molecule has 0 radical (unpaired) electrons. The number of amides is 2. The molecular weight excluding hydrogens is 304 g/mol. The van der Waals surface area contributed by atoms with E-state index in [0.717, 1.165) is 50.9 Å². The van der Waals surface area contributed by atoms with E-state index in [1.54, 1.807) is 20.2 Å². The molecule has 0 aromatic carbocycles. The smallest absolute Gasteiger partial charge is 0.272 e. The quantitative estimate of drug-likeness (QED) is 0.844. The first-order valence-corrected chi connectivity index (χ1v) is 8.86. The van der Waals surface area contributed by atoms with Crippen molar-refractivity contribution in [1.82, 2.24) is 19.8 Å². The van der Waals surface area contributed by atoms with Gasteiger partial charge in [-0.25, -0.2) is 9.97 Å². The van der Waals surface area contributed by atoms with Gasteiger partial charge >= 0.3 is 0 Å². The minimum atomic E-state index is -0.107. The molecule has 2 aliphatic rings. The summed E-state index contributed by atoms with van der Waals surface area (Å²) in [4.78, 5) is 36.4. The van der Waals surface area contributed by atoms with Gasteiger partial charge in [0.1, 0.15) is 12.0 Å². The number of carbonyl (C=O) groups is 2. The topological polar surface area (TPSA) is 66.4 Å². The van der Waals surface area contributed by atoms with E-state index in [4.69, 9.17) is 0 Å². The maximum Gasteiger partial charge on any atom is 0.272 e. The fraction of sp³-hybridized carbons (Fsp3) is 0.667. The molecule has 0 N–H and O–H groups in total. The predicted molar refractivity (Wildman–Crippen MR) is 90.4 cm³/mol. The van der Waals surface area contributed by atoms with E-state index in [2.05, 4.69) is 9.97 Å². The van der Waals surface area contributed by atoms with Crippen LogP contribution in [0.25, 0.3) is 0 Å². The predicted octanol–water partition coefficient (Wildman–Crippen LogP) is 1.76. The second kappa shape index (κ2) is 7.28. The molecule has 1 aromatic heterocycles. The van der Waals surface area contributed by atoms with Crippen LogP contribution in [0.4, 0.5) is 0 Å². The van der Waals surface area contributed by atoms with Gasteiger partial charge in [0, 0.05) is 38.8 Å². The molecule has 1 atom stereocenters. The van der Waals surface area contributed by atoms with Gasteiger partial charge in [0.25, 0.3) is 5.91 Å². The van der Waals surface area contributed by atoms with E-state index >= 15 is 0 Å². The summed E-state index contributed by atoms with van der Waals surface area (Å²) < 4.78 is 0. The van der Waals surface area contributed by atoms with Gasteiger partial charge in [-0.1, -0.05) is 6.42 Å². The second-order valence-corrected chi connectivity index (χ2v) is 7.22. The van der Waals surface area contributed by atoms with E-state index in [1.807, 2.05) is 4.90 Å². The van der Waals surface area contributed by atoms with Crippen molar-refractivity contribution in [2.75, 3.05) is 27.2 Å². The molecule has 1 saturated carbocycles. The Labute approximate surface area is 143 Å². The van der Waals surface area contributed by atoms with E-state index in [-0.39, 0.29) is 11.8 Å². The van der Waals surface area contributed by atoms with Gasteiger partial charge in [-0.2, -0.15) is 0 Å². The number of nitrogens with zero attached hydrogens (tertiary/aromatic N) is 4. The molecule has 1 aliphatic carbocycles. The maximum atomic E-state index is 12.4. The van der Waals surface area contributed by atoms with Crippen molar-refractivity contribution in [2.45, 2.75) is 38.5 Å². The van der Waals surface area contributed by atoms with E-state index in [9.17, 15) is 9.59 Å². The molecule has 2 fully saturated rings. The molecule has 2 heterocycles. The molecule has 3 rings (SSSR count). The SMILES string of the molecule is CN(C)C(=O)c1cc(CC2CCCN(C(=O)C3CCC3)C2)ncn1. The minimum Gasteiger partial charge on any atom is -0.343 e. The van der Waals surface area contributed by atoms with Crippen molar-refractivity contribution in [1.29, 1.82) is 0 Å². The van der Waals surface area contributed by atoms with Crippen LogP contribution in [-0.2, 0) is 11.2 Å². The van der Waals surface area contributed by atoms with Crippen molar-refractivity contribution < 1.29 is 9.59 Å². The zero-order valence-corrected chi connectivity index (χ0v) is 14.6. The highest BCUT2D eigenvalue weighted by atomic mass is 16.2. The third-order valence-electron chi connectivity index (χ3n) is 5.13. The lowest BCUT2D eigenvalue weighted by molar-refractivity contribution is -0.140. The molecule has 24 heavy (non-hydrogen) atoms. The Balaban J connectivity index is 1.62. The maximum absolute atomic E-state index is 12.4. The number of hydrogen-bond acceptors (Lipinski definition) is 4. The lowest BCUT2D eigenvalue weighted by atomic mass is 9.83. The molecule has 1 aromatic rings. The van der Waals surface area contributed by atoms with Gasteiger partial charge < -0.3 is 9.80 Å². The summed E-state index contributed by atoms with van der Waals surface area (Å²) in [6.07, 6.45) is 7.73. The summed E-state index contributed by atoms with van der Waals surface area (Å²) in [7, 11) is 3.43. The van der Waals surface area contributed by atoms with Crippen molar-refractivity contribution in [3.05, 3.63) is 23.8 Å². The second-order valence-electron chi connectivity index (χ2n) is 7.22. The molecule has 1 unspecified atom stereocenters. The normalized spacial score (nSPS) is 21.2. The molecule has 1 aliphatic heterocycles. The summed E-state index contributed by atoms with van der Waals surface area (Å²) in [5.74, 6) is 0.924. The van der Waals surface area contributed by atoms with Crippen LogP contribution in [0.2, 0.25) is 0 Å². The third kappa shape index (κ3) is 3.74.